The first-order valence-electron chi connectivity index (χ1n) is 5.64. The lowest BCUT2D eigenvalue weighted by Gasteiger charge is -2.13. The molecule has 0 saturated carbocycles. The summed E-state index contributed by atoms with van der Waals surface area (Å²) in [7, 11) is 1.87. The van der Waals surface area contributed by atoms with Crippen LogP contribution in [0.15, 0.2) is 35.1 Å². The fourth-order valence-corrected chi connectivity index (χ4v) is 2.06. The fraction of sp³-hybridized carbons (Fsp3) is 0.308. The first-order valence-corrected chi connectivity index (χ1v) is 6.43. The molecule has 0 fully saturated rings. The van der Waals surface area contributed by atoms with E-state index in [2.05, 4.69) is 21.0 Å². The van der Waals surface area contributed by atoms with Gasteiger partial charge >= 0.3 is 0 Å². The number of aliphatic hydroxyl groups excluding tert-OH is 1. The summed E-state index contributed by atoms with van der Waals surface area (Å²) in [4.78, 5) is 0. The van der Waals surface area contributed by atoms with Crippen LogP contribution in [-0.2, 0) is 13.7 Å². The number of aromatic nitrogens is 2. The van der Waals surface area contributed by atoms with E-state index < -0.39 is 6.10 Å². The first kappa shape index (κ1) is 13.1. The van der Waals surface area contributed by atoms with Gasteiger partial charge in [-0.05, 0) is 25.1 Å². The van der Waals surface area contributed by atoms with Gasteiger partial charge in [-0.25, -0.2) is 0 Å². The molecule has 0 unspecified atom stereocenters. The normalized spacial score (nSPS) is 12.4. The van der Waals surface area contributed by atoms with Crippen LogP contribution in [0.5, 0.6) is 5.75 Å². The zero-order valence-electron chi connectivity index (χ0n) is 10.3. The summed E-state index contributed by atoms with van der Waals surface area (Å²) >= 11 is 3.38. The van der Waals surface area contributed by atoms with Crippen LogP contribution in [0.25, 0.3) is 0 Å². The van der Waals surface area contributed by atoms with Gasteiger partial charge in [0, 0.05) is 28.8 Å². The zero-order chi connectivity index (χ0) is 13.1. The molecule has 1 heterocycles. The highest BCUT2D eigenvalue weighted by Crippen LogP contribution is 2.29. The Morgan fingerprint density at radius 2 is 2.28 bits per heavy atom. The Hall–Kier alpha value is -1.33. The van der Waals surface area contributed by atoms with E-state index in [4.69, 9.17) is 4.74 Å². The van der Waals surface area contributed by atoms with E-state index in [0.29, 0.717) is 12.4 Å². The van der Waals surface area contributed by atoms with Gasteiger partial charge in [-0.15, -0.1) is 0 Å². The third kappa shape index (κ3) is 3.11. The van der Waals surface area contributed by atoms with Crippen molar-refractivity contribution < 1.29 is 9.84 Å². The summed E-state index contributed by atoms with van der Waals surface area (Å²) in [5, 5.41) is 13.8. The second kappa shape index (κ2) is 5.54. The second-order valence-corrected chi connectivity index (χ2v) is 5.08. The van der Waals surface area contributed by atoms with Crippen molar-refractivity contribution in [2.45, 2.75) is 19.6 Å². The smallest absolute Gasteiger partial charge is 0.125 e. The van der Waals surface area contributed by atoms with Gasteiger partial charge in [-0.2, -0.15) is 5.10 Å². The molecule has 1 atom stereocenters. The molecule has 0 spiro atoms. The van der Waals surface area contributed by atoms with Gasteiger partial charge in [0.1, 0.15) is 12.4 Å². The zero-order valence-corrected chi connectivity index (χ0v) is 11.9. The average Bonchev–Trinajstić information content (AvgIpc) is 2.73. The van der Waals surface area contributed by atoms with Crippen LogP contribution < -0.4 is 4.74 Å². The van der Waals surface area contributed by atoms with Crippen LogP contribution in [0.2, 0.25) is 0 Å². The minimum atomic E-state index is -0.564. The molecule has 0 bridgehead atoms. The topological polar surface area (TPSA) is 47.3 Å². The highest BCUT2D eigenvalue weighted by atomic mass is 79.9. The number of ether oxygens (including phenoxy) is 1. The van der Waals surface area contributed by atoms with Gasteiger partial charge in [0.25, 0.3) is 0 Å². The van der Waals surface area contributed by atoms with E-state index in [0.717, 1.165) is 15.6 Å². The largest absolute Gasteiger partial charge is 0.488 e. The molecule has 1 N–H and O–H groups in total. The van der Waals surface area contributed by atoms with E-state index in [9.17, 15) is 5.11 Å². The van der Waals surface area contributed by atoms with Crippen molar-refractivity contribution in [3.63, 3.8) is 0 Å². The van der Waals surface area contributed by atoms with Gasteiger partial charge in [0.2, 0.25) is 0 Å². The third-order valence-corrected chi connectivity index (χ3v) is 3.07. The SMILES string of the molecule is C[C@@H](O)c1cc(Br)ccc1OCc1cnn(C)c1. The van der Waals surface area contributed by atoms with Gasteiger partial charge < -0.3 is 9.84 Å². The number of aliphatic hydroxyl groups is 1. The summed E-state index contributed by atoms with van der Waals surface area (Å²) in [6, 6.07) is 5.61. The Morgan fingerprint density at radius 1 is 1.50 bits per heavy atom. The van der Waals surface area contributed by atoms with E-state index in [1.54, 1.807) is 17.8 Å². The molecular formula is C13H15BrN2O2. The summed E-state index contributed by atoms with van der Waals surface area (Å²) in [5.74, 6) is 0.692. The van der Waals surface area contributed by atoms with Crippen LogP contribution in [-0.4, -0.2) is 14.9 Å². The Balaban J connectivity index is 2.13. The van der Waals surface area contributed by atoms with Gasteiger partial charge in [0.15, 0.2) is 0 Å². The van der Waals surface area contributed by atoms with E-state index in [1.165, 1.54) is 0 Å². The van der Waals surface area contributed by atoms with E-state index in [1.807, 2.05) is 31.4 Å². The summed E-state index contributed by atoms with van der Waals surface area (Å²) in [6.45, 7) is 2.16. The highest BCUT2D eigenvalue weighted by molar-refractivity contribution is 9.10. The molecule has 0 amide bonds. The van der Waals surface area contributed by atoms with Crippen molar-refractivity contribution in [2.24, 2.45) is 7.05 Å². The van der Waals surface area contributed by atoms with Gasteiger partial charge in [-0.1, -0.05) is 15.9 Å². The Morgan fingerprint density at radius 3 is 2.89 bits per heavy atom. The second-order valence-electron chi connectivity index (χ2n) is 4.17. The van der Waals surface area contributed by atoms with Crippen molar-refractivity contribution >= 4 is 15.9 Å². The van der Waals surface area contributed by atoms with Crippen molar-refractivity contribution in [3.05, 3.63) is 46.2 Å². The van der Waals surface area contributed by atoms with Crippen LogP contribution in [0, 0.1) is 0 Å². The Kier molecular flexibility index (Phi) is 4.04. The van der Waals surface area contributed by atoms with E-state index in [-0.39, 0.29) is 0 Å². The molecular weight excluding hydrogens is 296 g/mol. The van der Waals surface area contributed by atoms with Crippen LogP contribution in [0.4, 0.5) is 0 Å². The molecule has 0 radical (unpaired) electrons. The third-order valence-electron chi connectivity index (χ3n) is 2.57. The number of aryl methyl sites for hydroxylation is 1. The van der Waals surface area contributed by atoms with Gasteiger partial charge in [0.05, 0.1) is 12.3 Å². The molecule has 4 nitrogen and oxygen atoms in total. The first-order chi connectivity index (χ1) is 8.56. The van der Waals surface area contributed by atoms with Crippen molar-refractivity contribution in [3.8, 4) is 5.75 Å². The Labute approximate surface area is 114 Å². The molecule has 2 rings (SSSR count). The number of hydrogen-bond acceptors (Lipinski definition) is 3. The standard InChI is InChI=1S/C13H15BrN2O2/c1-9(17)12-5-11(14)3-4-13(12)18-8-10-6-15-16(2)7-10/h3-7,9,17H,8H2,1-2H3/t9-/m1/s1. The Bertz CT molecular complexity index is 538. The number of benzene rings is 1. The van der Waals surface area contributed by atoms with Crippen molar-refractivity contribution in [1.82, 2.24) is 9.78 Å². The quantitative estimate of drug-likeness (QED) is 0.944. The summed E-state index contributed by atoms with van der Waals surface area (Å²) < 4.78 is 8.37. The molecule has 0 aliphatic heterocycles. The summed E-state index contributed by atoms with van der Waals surface area (Å²) in [5.41, 5.74) is 1.77. The molecule has 18 heavy (non-hydrogen) atoms. The minimum absolute atomic E-state index is 0.440. The molecule has 1 aromatic heterocycles. The molecule has 96 valence electrons. The molecule has 0 aliphatic rings. The maximum absolute atomic E-state index is 9.71. The fourth-order valence-electron chi connectivity index (χ4n) is 1.68. The average molecular weight is 311 g/mol. The van der Waals surface area contributed by atoms with Crippen LogP contribution in [0.1, 0.15) is 24.2 Å². The lowest BCUT2D eigenvalue weighted by atomic mass is 10.1. The number of nitrogens with zero attached hydrogens (tertiary/aromatic N) is 2. The van der Waals surface area contributed by atoms with Crippen molar-refractivity contribution in [2.75, 3.05) is 0 Å². The van der Waals surface area contributed by atoms with Crippen molar-refractivity contribution in [1.29, 1.82) is 0 Å². The molecule has 0 aliphatic carbocycles. The van der Waals surface area contributed by atoms with Crippen LogP contribution >= 0.6 is 15.9 Å². The lowest BCUT2D eigenvalue weighted by molar-refractivity contribution is 0.190. The molecule has 5 heteroatoms. The molecule has 2 aromatic rings. The molecule has 1 aromatic carbocycles. The van der Waals surface area contributed by atoms with E-state index >= 15 is 0 Å². The maximum Gasteiger partial charge on any atom is 0.125 e. The summed E-state index contributed by atoms with van der Waals surface area (Å²) in [6.07, 6.45) is 3.10. The predicted octanol–water partition coefficient (Wildman–Crippen LogP) is 2.81. The monoisotopic (exact) mass is 310 g/mol. The highest BCUT2D eigenvalue weighted by Gasteiger charge is 2.10. The maximum atomic E-state index is 9.71. The van der Waals surface area contributed by atoms with Crippen LogP contribution in [0.3, 0.4) is 0 Å². The number of halogens is 1. The number of hydrogen-bond donors (Lipinski definition) is 1. The lowest BCUT2D eigenvalue weighted by Crippen LogP contribution is -2.00. The number of rotatable bonds is 4. The van der Waals surface area contributed by atoms with Gasteiger partial charge in [-0.3, -0.25) is 4.68 Å². The molecule has 0 saturated heterocycles. The predicted molar refractivity (Wildman–Crippen MR) is 72.3 cm³/mol. The minimum Gasteiger partial charge on any atom is -0.488 e.